The number of nitrogens with zero attached hydrogens (tertiary/aromatic N) is 2. The minimum Gasteiger partial charge on any atom is -0.383 e. The van der Waals surface area contributed by atoms with Crippen molar-refractivity contribution in [1.82, 2.24) is 9.55 Å². The minimum absolute atomic E-state index is 0.217. The Balaban J connectivity index is 1.86. The smallest absolute Gasteiger partial charge is 0.0992 e. The van der Waals surface area contributed by atoms with Gasteiger partial charge in [0.2, 0.25) is 0 Å². The molecule has 4 nitrogen and oxygen atoms in total. The number of ether oxygens (including phenoxy) is 1. The van der Waals surface area contributed by atoms with Crippen molar-refractivity contribution in [3.05, 3.63) is 41.9 Å². The number of para-hydroxylation sites is 1. The summed E-state index contributed by atoms with van der Waals surface area (Å²) in [5, 5.41) is 4.18. The van der Waals surface area contributed by atoms with E-state index in [1.54, 1.807) is 12.5 Å². The van der Waals surface area contributed by atoms with Gasteiger partial charge >= 0.3 is 0 Å². The van der Waals surface area contributed by atoms with E-state index in [1.165, 1.54) is 0 Å². The summed E-state index contributed by atoms with van der Waals surface area (Å²) in [5.41, 5.74) is 2.17. The van der Waals surface area contributed by atoms with Gasteiger partial charge in [-0.1, -0.05) is 24.6 Å². The molecule has 1 aliphatic heterocycles. The minimum atomic E-state index is 0.217. The predicted octanol–water partition coefficient (Wildman–Crippen LogP) is 2.97. The van der Waals surface area contributed by atoms with Crippen molar-refractivity contribution in [2.24, 2.45) is 5.41 Å². The van der Waals surface area contributed by atoms with E-state index in [2.05, 4.69) is 17.2 Å². The second kappa shape index (κ2) is 4.87. The maximum Gasteiger partial charge on any atom is 0.0992 e. The molecule has 2 heterocycles. The molecule has 0 saturated carbocycles. The van der Waals surface area contributed by atoms with E-state index in [9.17, 15) is 0 Å². The predicted molar refractivity (Wildman–Crippen MR) is 76.0 cm³/mol. The lowest BCUT2D eigenvalue weighted by Gasteiger charge is -2.38. The van der Waals surface area contributed by atoms with Gasteiger partial charge in [0.05, 0.1) is 35.9 Å². The molecule has 1 N–H and O–H groups in total. The monoisotopic (exact) mass is 277 g/mol. The number of rotatable bonds is 4. The largest absolute Gasteiger partial charge is 0.383 e. The third kappa shape index (κ3) is 2.46. The Morgan fingerprint density at radius 3 is 2.95 bits per heavy atom. The maximum atomic E-state index is 6.31. The molecule has 5 heteroatoms. The number of benzene rings is 1. The first-order valence-corrected chi connectivity index (χ1v) is 6.64. The third-order valence-corrected chi connectivity index (χ3v) is 3.66. The average molecular weight is 278 g/mol. The number of hydrogen-bond donors (Lipinski definition) is 1. The molecule has 100 valence electrons. The number of imidazole rings is 1. The van der Waals surface area contributed by atoms with Crippen LogP contribution in [0.1, 0.15) is 6.92 Å². The van der Waals surface area contributed by atoms with Crippen molar-refractivity contribution in [3.63, 3.8) is 0 Å². The van der Waals surface area contributed by atoms with Crippen LogP contribution in [0.2, 0.25) is 5.02 Å². The summed E-state index contributed by atoms with van der Waals surface area (Å²) in [6, 6.07) is 5.87. The van der Waals surface area contributed by atoms with E-state index >= 15 is 0 Å². The Bertz CT molecular complexity index is 564. The van der Waals surface area contributed by atoms with Crippen LogP contribution in [0.4, 0.5) is 5.69 Å². The Morgan fingerprint density at radius 2 is 2.32 bits per heavy atom. The molecule has 0 bridgehead atoms. The topological polar surface area (TPSA) is 39.1 Å². The fourth-order valence-electron chi connectivity index (χ4n) is 2.17. The second-order valence-electron chi connectivity index (χ2n) is 5.26. The van der Waals surface area contributed by atoms with Crippen LogP contribution in [0.25, 0.3) is 5.69 Å². The summed E-state index contributed by atoms with van der Waals surface area (Å²) in [6.07, 6.45) is 5.38. The molecule has 3 rings (SSSR count). The molecular weight excluding hydrogens is 262 g/mol. The summed E-state index contributed by atoms with van der Waals surface area (Å²) in [4.78, 5) is 4.07. The fraction of sp³-hybridized carbons (Fsp3) is 0.357. The molecule has 0 amide bonds. The zero-order valence-electron chi connectivity index (χ0n) is 10.8. The molecule has 1 aromatic heterocycles. The Labute approximate surface area is 117 Å². The SMILES string of the molecule is CC1(CNc2cccc(Cl)c2-n2ccnc2)COC1. The number of nitrogens with one attached hydrogen (secondary N) is 1. The van der Waals surface area contributed by atoms with Gasteiger partial charge in [-0.2, -0.15) is 0 Å². The number of aromatic nitrogens is 2. The highest BCUT2D eigenvalue weighted by molar-refractivity contribution is 6.33. The highest BCUT2D eigenvalue weighted by Gasteiger charge is 2.33. The van der Waals surface area contributed by atoms with E-state index in [0.717, 1.165) is 31.1 Å². The first-order chi connectivity index (χ1) is 9.18. The van der Waals surface area contributed by atoms with Gasteiger partial charge in [0.25, 0.3) is 0 Å². The molecule has 0 unspecified atom stereocenters. The van der Waals surface area contributed by atoms with E-state index in [1.807, 2.05) is 29.0 Å². The van der Waals surface area contributed by atoms with Crippen LogP contribution in [0.15, 0.2) is 36.9 Å². The van der Waals surface area contributed by atoms with Crippen molar-refractivity contribution in [2.45, 2.75) is 6.92 Å². The summed E-state index contributed by atoms with van der Waals surface area (Å²) >= 11 is 6.31. The average Bonchev–Trinajstić information content (AvgIpc) is 2.87. The third-order valence-electron chi connectivity index (χ3n) is 3.36. The lowest BCUT2D eigenvalue weighted by Crippen LogP contribution is -2.45. The Morgan fingerprint density at radius 1 is 1.47 bits per heavy atom. The molecule has 2 aromatic rings. The molecule has 1 fully saturated rings. The molecule has 0 spiro atoms. The Hall–Kier alpha value is -1.52. The quantitative estimate of drug-likeness (QED) is 0.934. The number of halogens is 1. The first-order valence-electron chi connectivity index (χ1n) is 6.26. The van der Waals surface area contributed by atoms with E-state index in [0.29, 0.717) is 5.02 Å². The van der Waals surface area contributed by atoms with Gasteiger partial charge in [0.15, 0.2) is 0 Å². The maximum absolute atomic E-state index is 6.31. The fourth-order valence-corrected chi connectivity index (χ4v) is 2.45. The summed E-state index contributed by atoms with van der Waals surface area (Å²) in [6.45, 7) is 4.70. The van der Waals surface area contributed by atoms with Crippen LogP contribution in [0.3, 0.4) is 0 Å². The van der Waals surface area contributed by atoms with Gasteiger partial charge in [0, 0.05) is 24.4 Å². The van der Waals surface area contributed by atoms with Gasteiger partial charge < -0.3 is 14.6 Å². The summed E-state index contributed by atoms with van der Waals surface area (Å²) < 4.78 is 7.19. The summed E-state index contributed by atoms with van der Waals surface area (Å²) in [5.74, 6) is 0. The van der Waals surface area contributed by atoms with Crippen LogP contribution >= 0.6 is 11.6 Å². The van der Waals surface area contributed by atoms with Gasteiger partial charge in [-0.15, -0.1) is 0 Å². The molecule has 1 saturated heterocycles. The lowest BCUT2D eigenvalue weighted by molar-refractivity contribution is -0.0924. The molecule has 1 aromatic carbocycles. The zero-order chi connectivity index (χ0) is 13.3. The highest BCUT2D eigenvalue weighted by Crippen LogP contribution is 2.31. The molecular formula is C14H16ClN3O. The van der Waals surface area contributed by atoms with Crippen LogP contribution in [0, 0.1) is 5.41 Å². The Kier molecular flexibility index (Phi) is 3.21. The van der Waals surface area contributed by atoms with Crippen LogP contribution in [-0.2, 0) is 4.74 Å². The molecule has 0 atom stereocenters. The number of anilines is 1. The van der Waals surface area contributed by atoms with E-state index < -0.39 is 0 Å². The molecule has 0 aliphatic carbocycles. The normalized spacial score (nSPS) is 16.9. The molecule has 0 radical (unpaired) electrons. The summed E-state index contributed by atoms with van der Waals surface area (Å²) in [7, 11) is 0. The molecule has 19 heavy (non-hydrogen) atoms. The van der Waals surface area contributed by atoms with Crippen LogP contribution in [0.5, 0.6) is 0 Å². The van der Waals surface area contributed by atoms with Crippen molar-refractivity contribution >= 4 is 17.3 Å². The van der Waals surface area contributed by atoms with Crippen LogP contribution < -0.4 is 5.32 Å². The standard InChI is InChI=1S/C14H16ClN3O/c1-14(8-19-9-14)7-17-12-4-2-3-11(15)13(12)18-6-5-16-10-18/h2-6,10,17H,7-9H2,1H3. The highest BCUT2D eigenvalue weighted by atomic mass is 35.5. The van der Waals surface area contributed by atoms with Gasteiger partial charge in [-0.3, -0.25) is 0 Å². The van der Waals surface area contributed by atoms with Crippen molar-refractivity contribution in [1.29, 1.82) is 0 Å². The van der Waals surface area contributed by atoms with Crippen molar-refractivity contribution < 1.29 is 4.74 Å². The van der Waals surface area contributed by atoms with Crippen molar-refractivity contribution in [3.8, 4) is 5.69 Å². The van der Waals surface area contributed by atoms with Gasteiger partial charge in [0.1, 0.15) is 0 Å². The van der Waals surface area contributed by atoms with E-state index in [-0.39, 0.29) is 5.41 Å². The first kappa shape index (κ1) is 12.5. The van der Waals surface area contributed by atoms with Gasteiger partial charge in [-0.25, -0.2) is 4.98 Å². The van der Waals surface area contributed by atoms with E-state index in [4.69, 9.17) is 16.3 Å². The molecule has 1 aliphatic rings. The van der Waals surface area contributed by atoms with Crippen molar-refractivity contribution in [2.75, 3.05) is 25.1 Å². The zero-order valence-corrected chi connectivity index (χ0v) is 11.5. The second-order valence-corrected chi connectivity index (χ2v) is 5.67. The lowest BCUT2D eigenvalue weighted by atomic mass is 9.88. The van der Waals surface area contributed by atoms with Gasteiger partial charge in [-0.05, 0) is 12.1 Å². The number of hydrogen-bond acceptors (Lipinski definition) is 3. The van der Waals surface area contributed by atoms with Crippen LogP contribution in [-0.4, -0.2) is 29.3 Å².